The maximum Gasteiger partial charge on any atom is 0.328 e. The zero-order valence-corrected chi connectivity index (χ0v) is 21.1. The van der Waals surface area contributed by atoms with Gasteiger partial charge in [0, 0.05) is 18.8 Å². The number of nitrogens with two attached hydrogens (primary N) is 1. The van der Waals surface area contributed by atoms with E-state index in [1.165, 1.54) is 7.11 Å². The molecule has 1 aromatic rings. The number of carbonyl (C=O) groups is 4. The van der Waals surface area contributed by atoms with Gasteiger partial charge in [0.25, 0.3) is 5.91 Å². The number of nitrogens with zero attached hydrogens (tertiary/aromatic N) is 1. The van der Waals surface area contributed by atoms with Crippen molar-refractivity contribution in [1.29, 1.82) is 0 Å². The van der Waals surface area contributed by atoms with Crippen molar-refractivity contribution < 1.29 is 23.9 Å². The number of ether oxygens (including phenoxy) is 1. The first-order valence-electron chi connectivity index (χ1n) is 10.4. The summed E-state index contributed by atoms with van der Waals surface area (Å²) in [6.45, 7) is 3.99. The molecule has 0 bridgehead atoms. The second-order valence-corrected chi connectivity index (χ2v) is 8.73. The number of benzene rings is 1. The summed E-state index contributed by atoms with van der Waals surface area (Å²) in [6, 6.07) is 7.58. The number of methoxy groups -OCH3 is 1. The number of thioether (sulfide) groups is 1. The Labute approximate surface area is 205 Å². The highest BCUT2D eigenvalue weighted by molar-refractivity contribution is 7.98. The molecule has 0 saturated heterocycles. The van der Waals surface area contributed by atoms with Crippen molar-refractivity contribution in [2.24, 2.45) is 16.0 Å². The molecular formula is C22H34N4O5S2. The maximum absolute atomic E-state index is 12.1. The molecule has 0 fully saturated rings. The first kappa shape index (κ1) is 30.6. The van der Waals surface area contributed by atoms with Crippen molar-refractivity contribution in [3.63, 3.8) is 0 Å². The first-order chi connectivity index (χ1) is 15.7. The molecule has 0 saturated carbocycles. The van der Waals surface area contributed by atoms with Crippen LogP contribution in [0, 0.1) is 5.92 Å². The van der Waals surface area contributed by atoms with E-state index in [0.29, 0.717) is 31.6 Å². The highest BCUT2D eigenvalue weighted by Crippen LogP contribution is 2.07. The zero-order chi connectivity index (χ0) is 25.2. The third-order valence-corrected chi connectivity index (χ3v) is 5.24. The fourth-order valence-corrected chi connectivity index (χ4v) is 3.34. The van der Waals surface area contributed by atoms with Crippen LogP contribution in [-0.2, 0) is 42.8 Å². The van der Waals surface area contributed by atoms with Gasteiger partial charge in [-0.25, -0.2) is 4.79 Å². The van der Waals surface area contributed by atoms with Gasteiger partial charge in [-0.15, -0.1) is 4.36 Å². The molecule has 11 heteroatoms. The lowest BCUT2D eigenvalue weighted by Crippen LogP contribution is -2.50. The number of hydrogen-bond donors (Lipinski definition) is 3. The number of esters is 1. The van der Waals surface area contributed by atoms with Gasteiger partial charge in [-0.3, -0.25) is 14.4 Å². The van der Waals surface area contributed by atoms with Gasteiger partial charge in [-0.2, -0.15) is 11.8 Å². The van der Waals surface area contributed by atoms with Crippen LogP contribution in [0.2, 0.25) is 0 Å². The van der Waals surface area contributed by atoms with Crippen LogP contribution in [0.3, 0.4) is 0 Å². The first-order valence-corrected chi connectivity index (χ1v) is 12.2. The molecular weight excluding hydrogens is 464 g/mol. The van der Waals surface area contributed by atoms with E-state index in [2.05, 4.69) is 27.4 Å². The van der Waals surface area contributed by atoms with Gasteiger partial charge in [0.1, 0.15) is 12.1 Å². The Kier molecular flexibility index (Phi) is 16.8. The van der Waals surface area contributed by atoms with Crippen LogP contribution in [0.1, 0.15) is 32.3 Å². The molecule has 184 valence electrons. The van der Waals surface area contributed by atoms with Crippen LogP contribution < -0.4 is 16.4 Å². The average Bonchev–Trinajstić information content (AvgIpc) is 2.80. The minimum atomic E-state index is -0.719. The Bertz CT molecular complexity index is 750. The number of nitrogens with one attached hydrogen (secondary N) is 2. The molecule has 0 aliphatic heterocycles. The predicted molar refractivity (Wildman–Crippen MR) is 132 cm³/mol. The molecule has 0 heterocycles. The normalized spacial score (nSPS) is 12.9. The highest BCUT2D eigenvalue weighted by Gasteiger charge is 2.25. The van der Waals surface area contributed by atoms with Crippen molar-refractivity contribution in [2.45, 2.75) is 51.2 Å². The zero-order valence-electron chi connectivity index (χ0n) is 19.5. The molecule has 3 atom stereocenters. The van der Waals surface area contributed by atoms with Gasteiger partial charge < -0.3 is 21.1 Å². The maximum atomic E-state index is 12.1. The summed E-state index contributed by atoms with van der Waals surface area (Å²) >= 11 is 5.83. The van der Waals surface area contributed by atoms with Crippen LogP contribution in [0.25, 0.3) is 0 Å². The average molecular weight is 499 g/mol. The monoisotopic (exact) mass is 498 g/mol. The van der Waals surface area contributed by atoms with E-state index in [1.807, 2.05) is 50.4 Å². The lowest BCUT2D eigenvalue weighted by atomic mass is 10.0. The van der Waals surface area contributed by atoms with Crippen LogP contribution in [0.15, 0.2) is 34.7 Å². The summed E-state index contributed by atoms with van der Waals surface area (Å²) in [5.41, 5.74) is 6.79. The van der Waals surface area contributed by atoms with Gasteiger partial charge >= 0.3 is 5.97 Å². The molecule has 0 aromatic heterocycles. The van der Waals surface area contributed by atoms with Crippen LogP contribution in [0.4, 0.5) is 0 Å². The Morgan fingerprint density at radius 3 is 2.33 bits per heavy atom. The van der Waals surface area contributed by atoms with E-state index in [1.54, 1.807) is 11.8 Å². The molecule has 4 N–H and O–H groups in total. The predicted octanol–water partition coefficient (Wildman–Crippen LogP) is 1.37. The van der Waals surface area contributed by atoms with Gasteiger partial charge in [0.15, 0.2) is 0 Å². The summed E-state index contributed by atoms with van der Waals surface area (Å²) in [5.74, 6) is -0.135. The topological polar surface area (TPSA) is 140 Å². The van der Waals surface area contributed by atoms with E-state index in [-0.39, 0.29) is 5.91 Å². The lowest BCUT2D eigenvalue weighted by Gasteiger charge is -2.20. The van der Waals surface area contributed by atoms with Gasteiger partial charge in [-0.1, -0.05) is 44.2 Å². The molecule has 9 nitrogen and oxygen atoms in total. The SMILES string of the molecule is COC(=O)[C@H](Cc1ccccc1)NC(=O)[C@@H](N)CC(C)C.CSCC[C@H](NC=O)C(=O)N=S. The van der Waals surface area contributed by atoms with Crippen molar-refractivity contribution >= 4 is 48.4 Å². The van der Waals surface area contributed by atoms with Gasteiger partial charge in [-0.05, 0) is 36.3 Å². The summed E-state index contributed by atoms with van der Waals surface area (Å²) in [7, 11) is 1.31. The lowest BCUT2D eigenvalue weighted by molar-refractivity contribution is -0.145. The summed E-state index contributed by atoms with van der Waals surface area (Å²) in [6.07, 6.45) is 3.94. The molecule has 0 aliphatic carbocycles. The van der Waals surface area contributed by atoms with Crippen molar-refractivity contribution in [1.82, 2.24) is 10.6 Å². The Hall–Kier alpha value is -2.37. The molecule has 1 rings (SSSR count). The highest BCUT2D eigenvalue weighted by atomic mass is 32.2. The van der Waals surface area contributed by atoms with Gasteiger partial charge in [0.2, 0.25) is 12.3 Å². The molecule has 0 spiro atoms. The molecule has 0 radical (unpaired) electrons. The quantitative estimate of drug-likeness (QED) is 0.274. The fraction of sp³-hybridized carbons (Fsp3) is 0.545. The van der Waals surface area contributed by atoms with Crippen molar-refractivity contribution in [3.8, 4) is 0 Å². The Balaban J connectivity index is 0.000000728. The van der Waals surface area contributed by atoms with Crippen LogP contribution in [0.5, 0.6) is 0 Å². The number of hydrogen-bond acceptors (Lipinski definition) is 8. The number of amides is 3. The Morgan fingerprint density at radius 2 is 1.85 bits per heavy atom. The third kappa shape index (κ3) is 13.7. The fourth-order valence-electron chi connectivity index (χ4n) is 2.74. The largest absolute Gasteiger partial charge is 0.467 e. The van der Waals surface area contributed by atoms with Crippen LogP contribution in [-0.4, -0.2) is 61.4 Å². The molecule has 33 heavy (non-hydrogen) atoms. The van der Waals surface area contributed by atoms with Crippen molar-refractivity contribution in [2.75, 3.05) is 19.1 Å². The Morgan fingerprint density at radius 1 is 1.21 bits per heavy atom. The summed E-state index contributed by atoms with van der Waals surface area (Å²) in [5, 5.41) is 5.05. The van der Waals surface area contributed by atoms with Crippen LogP contribution >= 0.6 is 11.8 Å². The van der Waals surface area contributed by atoms with E-state index < -0.39 is 30.0 Å². The van der Waals surface area contributed by atoms with E-state index in [4.69, 9.17) is 10.5 Å². The smallest absolute Gasteiger partial charge is 0.328 e. The van der Waals surface area contributed by atoms with E-state index >= 15 is 0 Å². The molecule has 1 aromatic carbocycles. The molecule has 3 amide bonds. The third-order valence-electron chi connectivity index (χ3n) is 4.41. The summed E-state index contributed by atoms with van der Waals surface area (Å²) < 4.78 is 7.83. The van der Waals surface area contributed by atoms with Crippen molar-refractivity contribution in [3.05, 3.63) is 35.9 Å². The minimum Gasteiger partial charge on any atom is -0.467 e. The second-order valence-electron chi connectivity index (χ2n) is 7.56. The number of carbonyl (C=O) groups excluding carboxylic acids is 4. The molecule has 0 aliphatic rings. The second kappa shape index (κ2) is 18.1. The summed E-state index contributed by atoms with van der Waals surface area (Å²) in [4.78, 5) is 44.8. The molecule has 0 unspecified atom stereocenters. The van der Waals surface area contributed by atoms with E-state index in [0.717, 1.165) is 11.3 Å². The minimum absolute atomic E-state index is 0.316. The van der Waals surface area contributed by atoms with Gasteiger partial charge in [0.05, 0.1) is 13.2 Å². The number of rotatable bonds is 13. The van der Waals surface area contributed by atoms with E-state index in [9.17, 15) is 19.2 Å². The standard InChI is InChI=1S/C16H24N2O3.C6H10N2O2S2/c1-11(2)9-13(17)15(19)18-14(16(20)21-3)10-12-7-5-4-6-8-12;1-12-3-2-5(7-4-9)6(10)8-11/h4-8,11,13-14H,9-10,17H2,1-3H3,(H,18,19);4-5H,2-3H2,1H3,(H,7,9)/t13-,14-;5-/m00/s1.